The Bertz CT molecular complexity index is 652. The molecule has 22 heavy (non-hydrogen) atoms. The molecule has 11 heteroatoms. The predicted octanol–water partition coefficient (Wildman–Crippen LogP) is 1.78. The first-order chi connectivity index (χ1) is 9.65. The van der Waals surface area contributed by atoms with Crippen LogP contribution in [0.15, 0.2) is 10.1 Å². The number of halogens is 3. The Hall–Kier alpha value is -0.810. The van der Waals surface area contributed by atoms with Crippen LogP contribution in [-0.2, 0) is 9.84 Å². The summed E-state index contributed by atoms with van der Waals surface area (Å²) in [7, 11) is -3.92. The van der Waals surface area contributed by atoms with Gasteiger partial charge in [0, 0.05) is 18.1 Å². The second kappa shape index (κ2) is 4.84. The number of aliphatic imine (C=N–C) groups is 1. The van der Waals surface area contributed by atoms with Gasteiger partial charge in [0.1, 0.15) is 5.04 Å². The van der Waals surface area contributed by atoms with Gasteiger partial charge in [-0.3, -0.25) is 0 Å². The highest BCUT2D eigenvalue weighted by molar-refractivity contribution is 8.27. The van der Waals surface area contributed by atoms with Crippen LogP contribution in [0.2, 0.25) is 0 Å². The molecule has 0 amide bonds. The molecule has 0 fully saturated rings. The molecule has 0 aromatic rings. The molecule has 0 bridgehead atoms. The lowest BCUT2D eigenvalue weighted by Gasteiger charge is -2.37. The van der Waals surface area contributed by atoms with Crippen molar-refractivity contribution in [2.75, 3.05) is 6.26 Å². The highest BCUT2D eigenvalue weighted by atomic mass is 32.2. The van der Waals surface area contributed by atoms with Crippen molar-refractivity contribution in [3.05, 3.63) is 0 Å². The van der Waals surface area contributed by atoms with Crippen molar-refractivity contribution in [3.8, 4) is 0 Å². The minimum absolute atomic E-state index is 0.258. The van der Waals surface area contributed by atoms with Gasteiger partial charge in [0.25, 0.3) is 5.72 Å². The van der Waals surface area contributed by atoms with E-state index in [0.717, 1.165) is 23.0 Å². The summed E-state index contributed by atoms with van der Waals surface area (Å²) >= 11 is 0.841. The third-order valence-electron chi connectivity index (χ3n) is 3.18. The summed E-state index contributed by atoms with van der Waals surface area (Å²) in [6.07, 6.45) is -5.37. The number of alkyl halides is 3. The molecule has 0 aromatic heterocycles. The van der Waals surface area contributed by atoms with Crippen molar-refractivity contribution in [1.29, 1.82) is 0 Å². The van der Waals surface area contributed by atoms with Gasteiger partial charge in [0.05, 0.1) is 0 Å². The highest BCUT2D eigenvalue weighted by Crippen LogP contribution is 2.45. The summed E-state index contributed by atoms with van der Waals surface area (Å²) in [4.78, 5) is 3.33. The zero-order valence-corrected chi connectivity index (χ0v) is 14.0. The van der Waals surface area contributed by atoms with Crippen LogP contribution in [0.25, 0.3) is 0 Å². The van der Waals surface area contributed by atoms with Crippen LogP contribution in [-0.4, -0.2) is 52.3 Å². The first kappa shape index (κ1) is 17.5. The van der Waals surface area contributed by atoms with Crippen molar-refractivity contribution in [3.63, 3.8) is 0 Å². The number of hydrogen-bond acceptors (Lipinski definition) is 7. The van der Waals surface area contributed by atoms with E-state index in [1.165, 1.54) is 0 Å². The van der Waals surface area contributed by atoms with Crippen LogP contribution in [0.1, 0.15) is 27.2 Å². The van der Waals surface area contributed by atoms with Gasteiger partial charge in [0.2, 0.25) is 0 Å². The lowest BCUT2D eigenvalue weighted by atomic mass is 9.99. The van der Waals surface area contributed by atoms with Crippen LogP contribution >= 0.6 is 11.8 Å². The van der Waals surface area contributed by atoms with Gasteiger partial charge in [-0.05, 0) is 11.8 Å². The lowest BCUT2D eigenvalue weighted by Crippen LogP contribution is -2.55. The Labute approximate surface area is 130 Å². The number of nitrogens with zero attached hydrogens (tertiary/aromatic N) is 3. The Morgan fingerprint density at radius 3 is 2.32 bits per heavy atom. The molecule has 0 spiro atoms. The van der Waals surface area contributed by atoms with Crippen molar-refractivity contribution in [1.82, 2.24) is 5.01 Å². The fourth-order valence-corrected chi connectivity index (χ4v) is 4.08. The topological polar surface area (TPSA) is 82.3 Å². The molecular weight excluding hydrogens is 343 g/mol. The number of rotatable bonds is 1. The van der Waals surface area contributed by atoms with E-state index >= 15 is 0 Å². The molecule has 2 heterocycles. The van der Waals surface area contributed by atoms with E-state index in [1.807, 2.05) is 0 Å². The Morgan fingerprint density at radius 1 is 1.36 bits per heavy atom. The minimum Gasteiger partial charge on any atom is -0.362 e. The van der Waals surface area contributed by atoms with Crippen LogP contribution in [0.4, 0.5) is 13.2 Å². The molecule has 2 rings (SSSR count). The van der Waals surface area contributed by atoms with Crippen molar-refractivity contribution >= 4 is 31.8 Å². The van der Waals surface area contributed by atoms with E-state index < -0.39 is 38.9 Å². The molecule has 0 aromatic carbocycles. The molecule has 0 unspecified atom stereocenters. The fraction of sp³-hybridized carbons (Fsp3) is 0.818. The van der Waals surface area contributed by atoms with Gasteiger partial charge in [-0.15, -0.1) is 0 Å². The van der Waals surface area contributed by atoms with Gasteiger partial charge < -0.3 is 5.11 Å². The lowest BCUT2D eigenvalue weighted by molar-refractivity contribution is -0.262. The summed E-state index contributed by atoms with van der Waals surface area (Å²) < 4.78 is 62.9. The molecule has 1 N–H and O–H groups in total. The van der Waals surface area contributed by atoms with Gasteiger partial charge in [0.15, 0.2) is 20.4 Å². The van der Waals surface area contributed by atoms with Gasteiger partial charge in [-0.1, -0.05) is 20.8 Å². The van der Waals surface area contributed by atoms with E-state index in [1.54, 1.807) is 20.8 Å². The molecule has 2 aliphatic heterocycles. The number of sulfone groups is 1. The number of hydrogen-bond donors (Lipinski definition) is 1. The molecule has 2 atom stereocenters. The minimum atomic E-state index is -5.07. The summed E-state index contributed by atoms with van der Waals surface area (Å²) in [5.41, 5.74) is -3.91. The quantitative estimate of drug-likeness (QED) is 0.772. The third-order valence-corrected chi connectivity index (χ3v) is 5.89. The number of thioether (sulfide) groups is 1. The average molecular weight is 359 g/mol. The Morgan fingerprint density at radius 2 is 1.91 bits per heavy atom. The largest absolute Gasteiger partial charge is 0.438 e. The van der Waals surface area contributed by atoms with Crippen molar-refractivity contribution in [2.45, 2.75) is 44.5 Å². The monoisotopic (exact) mass is 359 g/mol. The Kier molecular flexibility index (Phi) is 3.86. The zero-order chi connectivity index (χ0) is 17.1. The van der Waals surface area contributed by atoms with Crippen molar-refractivity contribution < 1.29 is 26.7 Å². The van der Waals surface area contributed by atoms with E-state index in [0.29, 0.717) is 5.04 Å². The number of hydrazone groups is 1. The van der Waals surface area contributed by atoms with Gasteiger partial charge in [-0.2, -0.15) is 18.3 Å². The van der Waals surface area contributed by atoms with Crippen LogP contribution in [0.3, 0.4) is 0 Å². The predicted molar refractivity (Wildman–Crippen MR) is 78.0 cm³/mol. The summed E-state index contributed by atoms with van der Waals surface area (Å²) in [6, 6.07) is 0. The second-order valence-corrected chi connectivity index (χ2v) is 9.46. The molecule has 0 saturated heterocycles. The normalized spacial score (nSPS) is 30.0. The summed E-state index contributed by atoms with van der Waals surface area (Å²) in [5, 5.41) is 13.4. The Balaban J connectivity index is 2.55. The molecular formula is C11H16F3N3O3S2. The van der Waals surface area contributed by atoms with E-state index in [2.05, 4.69) is 10.1 Å². The SMILES string of the molecule is CC(C)(C)C1=NN2C(=N[C@](O)(C(F)(F)F)C[C@H]2S(C)(=O)=O)S1. The third kappa shape index (κ3) is 2.98. The van der Waals surface area contributed by atoms with E-state index in [-0.39, 0.29) is 5.17 Å². The number of amidine groups is 1. The first-order valence-corrected chi connectivity index (χ1v) is 9.06. The smallest absolute Gasteiger partial charge is 0.362 e. The van der Waals surface area contributed by atoms with Gasteiger partial charge >= 0.3 is 6.18 Å². The standard InChI is InChI=1S/C11H16F3N3O3S2/c1-9(2,3)7-16-17-6(22(4,19)20)5-10(18,11(12,13)14)15-8(17)21-7/h6,18H,5H2,1-4H3/t6-,10-/m1/s1. The maximum absolute atomic E-state index is 13.1. The zero-order valence-electron chi connectivity index (χ0n) is 12.3. The first-order valence-electron chi connectivity index (χ1n) is 6.29. The maximum atomic E-state index is 13.1. The number of aliphatic hydroxyl groups is 1. The maximum Gasteiger partial charge on any atom is 0.438 e. The molecule has 0 radical (unpaired) electrons. The van der Waals surface area contributed by atoms with Crippen LogP contribution in [0.5, 0.6) is 0 Å². The molecule has 126 valence electrons. The molecule has 0 saturated carbocycles. The number of fused-ring (bicyclic) bond motifs is 1. The van der Waals surface area contributed by atoms with Gasteiger partial charge in [-0.25, -0.2) is 18.4 Å². The summed E-state index contributed by atoms with van der Waals surface area (Å²) in [6.45, 7) is 5.38. The van der Waals surface area contributed by atoms with E-state index in [4.69, 9.17) is 0 Å². The molecule has 0 aliphatic carbocycles. The summed E-state index contributed by atoms with van der Waals surface area (Å²) in [5.74, 6) is 0. The average Bonchev–Trinajstić information content (AvgIpc) is 2.67. The molecule has 2 aliphatic rings. The second-order valence-electron chi connectivity index (χ2n) is 6.30. The van der Waals surface area contributed by atoms with Crippen LogP contribution < -0.4 is 0 Å². The van der Waals surface area contributed by atoms with Crippen LogP contribution in [0, 0.1) is 5.41 Å². The molecule has 6 nitrogen and oxygen atoms in total. The highest BCUT2D eigenvalue weighted by Gasteiger charge is 2.61. The van der Waals surface area contributed by atoms with E-state index in [9.17, 15) is 26.7 Å². The van der Waals surface area contributed by atoms with Crippen molar-refractivity contribution in [2.24, 2.45) is 15.5 Å². The fourth-order valence-electron chi connectivity index (χ4n) is 1.90.